The van der Waals surface area contributed by atoms with Gasteiger partial charge in [0.1, 0.15) is 0 Å². The molecule has 1 N–H and O–H groups in total. The van der Waals surface area contributed by atoms with Crippen LogP contribution < -0.4 is 5.56 Å². The lowest BCUT2D eigenvalue weighted by molar-refractivity contribution is 0.0893. The Morgan fingerprint density at radius 3 is 2.81 bits per heavy atom. The van der Waals surface area contributed by atoms with Crippen LogP contribution in [0.2, 0.25) is 0 Å². The van der Waals surface area contributed by atoms with Crippen LogP contribution in [0, 0.1) is 6.92 Å². The first-order valence-electron chi connectivity index (χ1n) is 11.9. The minimum atomic E-state index is -0.0129. The maximum Gasteiger partial charge on any atom is 0.252 e. The van der Waals surface area contributed by atoms with Crippen LogP contribution in [0.4, 0.5) is 0 Å². The number of fused-ring (bicyclic) bond motifs is 1. The number of aromatic nitrogens is 5. The zero-order valence-corrected chi connectivity index (χ0v) is 18.8. The van der Waals surface area contributed by atoms with Crippen LogP contribution in [0.5, 0.6) is 0 Å². The third-order valence-corrected chi connectivity index (χ3v) is 6.89. The number of aryl methyl sites for hydroxylation is 1. The highest BCUT2D eigenvalue weighted by molar-refractivity contribution is 5.79. The molecule has 1 saturated carbocycles. The Morgan fingerprint density at radius 2 is 2.00 bits per heavy atom. The fraction of sp³-hybridized carbons (Fsp3) is 0.583. The van der Waals surface area contributed by atoms with Crippen molar-refractivity contribution in [1.29, 1.82) is 0 Å². The van der Waals surface area contributed by atoms with E-state index in [9.17, 15) is 4.79 Å². The first kappa shape index (κ1) is 21.3. The maximum atomic E-state index is 12.9. The summed E-state index contributed by atoms with van der Waals surface area (Å²) in [7, 11) is 0. The van der Waals surface area contributed by atoms with E-state index in [0.29, 0.717) is 25.7 Å². The molecule has 0 unspecified atom stereocenters. The molecule has 1 aliphatic heterocycles. The minimum Gasteiger partial charge on any atom is -0.376 e. The Bertz CT molecular complexity index is 1110. The van der Waals surface area contributed by atoms with Gasteiger partial charge in [-0.2, -0.15) is 0 Å². The van der Waals surface area contributed by atoms with Crippen molar-refractivity contribution in [2.45, 2.75) is 83.6 Å². The van der Waals surface area contributed by atoms with Crippen molar-refractivity contribution >= 4 is 10.9 Å². The van der Waals surface area contributed by atoms with Crippen molar-refractivity contribution in [2.24, 2.45) is 0 Å². The molecule has 8 nitrogen and oxygen atoms in total. The van der Waals surface area contributed by atoms with Gasteiger partial charge < -0.3 is 9.72 Å². The molecule has 0 bridgehead atoms. The third kappa shape index (κ3) is 4.76. The zero-order chi connectivity index (χ0) is 21.9. The predicted molar refractivity (Wildman–Crippen MR) is 122 cm³/mol. The molecule has 1 aromatic carbocycles. The third-order valence-electron chi connectivity index (χ3n) is 6.89. The molecular formula is C24H32N6O2. The van der Waals surface area contributed by atoms with Crippen molar-refractivity contribution in [3.05, 3.63) is 51.6 Å². The number of aromatic amines is 1. The van der Waals surface area contributed by atoms with E-state index >= 15 is 0 Å². The summed E-state index contributed by atoms with van der Waals surface area (Å²) in [6, 6.07) is 8.62. The summed E-state index contributed by atoms with van der Waals surface area (Å²) < 4.78 is 7.68. The lowest BCUT2D eigenvalue weighted by Gasteiger charge is -2.34. The van der Waals surface area contributed by atoms with Gasteiger partial charge in [0.2, 0.25) is 0 Å². The van der Waals surface area contributed by atoms with E-state index in [-0.39, 0.29) is 11.7 Å². The van der Waals surface area contributed by atoms with E-state index in [4.69, 9.17) is 4.74 Å². The Balaban J connectivity index is 1.41. The molecule has 0 spiro atoms. The molecule has 1 aliphatic carbocycles. The van der Waals surface area contributed by atoms with Crippen molar-refractivity contribution in [3.8, 4) is 0 Å². The van der Waals surface area contributed by atoms with E-state index in [1.54, 1.807) is 0 Å². The van der Waals surface area contributed by atoms with E-state index < -0.39 is 0 Å². The lowest BCUT2D eigenvalue weighted by Crippen LogP contribution is -2.38. The molecule has 2 aliphatic rings. The predicted octanol–water partition coefficient (Wildman–Crippen LogP) is 3.34. The molecule has 0 radical (unpaired) electrons. The average Bonchev–Trinajstić information content (AvgIpc) is 3.47. The van der Waals surface area contributed by atoms with Crippen LogP contribution >= 0.6 is 0 Å². The Kier molecular flexibility index (Phi) is 6.32. The van der Waals surface area contributed by atoms with Crippen molar-refractivity contribution in [2.75, 3.05) is 6.61 Å². The highest BCUT2D eigenvalue weighted by Crippen LogP contribution is 2.26. The van der Waals surface area contributed by atoms with Crippen LogP contribution in [0.15, 0.2) is 29.1 Å². The Morgan fingerprint density at radius 1 is 1.12 bits per heavy atom. The summed E-state index contributed by atoms with van der Waals surface area (Å²) in [5.41, 5.74) is 2.86. The van der Waals surface area contributed by atoms with Crippen molar-refractivity contribution < 1.29 is 4.74 Å². The number of nitrogens with one attached hydrogen (secondary N) is 1. The number of ether oxygens (including phenoxy) is 1. The standard InChI is InChI=1S/C24H32N6O2/c1-17-9-10-22-18(12-17)13-19(24(31)25-22)14-29(20-6-3-2-4-7-20)16-23-26-27-28-30(23)15-21-8-5-11-32-21/h9-10,12-13,20-21H,2-8,11,14-16H2,1H3,(H,25,31)/t21-/m0/s1. The summed E-state index contributed by atoms with van der Waals surface area (Å²) in [5, 5.41) is 13.6. The number of nitrogens with zero attached hydrogens (tertiary/aromatic N) is 5. The van der Waals surface area contributed by atoms with E-state index in [1.807, 2.05) is 22.9 Å². The second kappa shape index (κ2) is 9.50. The molecule has 2 fully saturated rings. The second-order valence-corrected chi connectivity index (χ2v) is 9.32. The van der Waals surface area contributed by atoms with Gasteiger partial charge in [-0.25, -0.2) is 4.68 Å². The Labute approximate surface area is 188 Å². The molecular weight excluding hydrogens is 404 g/mol. The smallest absolute Gasteiger partial charge is 0.252 e. The van der Waals surface area contributed by atoms with Gasteiger partial charge in [0.25, 0.3) is 5.56 Å². The molecule has 32 heavy (non-hydrogen) atoms. The molecule has 170 valence electrons. The zero-order valence-electron chi connectivity index (χ0n) is 18.8. The van der Waals surface area contributed by atoms with Gasteiger partial charge in [0.05, 0.1) is 19.2 Å². The molecule has 2 aromatic heterocycles. The maximum absolute atomic E-state index is 12.9. The average molecular weight is 437 g/mol. The molecule has 1 saturated heterocycles. The summed E-state index contributed by atoms with van der Waals surface area (Å²) in [6.07, 6.45) is 8.39. The number of H-pyrrole nitrogens is 1. The van der Waals surface area contributed by atoms with E-state index in [0.717, 1.165) is 54.6 Å². The first-order valence-corrected chi connectivity index (χ1v) is 11.9. The van der Waals surface area contributed by atoms with Crippen LogP contribution in [-0.2, 0) is 24.4 Å². The topological polar surface area (TPSA) is 88.9 Å². The highest BCUT2D eigenvalue weighted by Gasteiger charge is 2.25. The van der Waals surface area contributed by atoms with Crippen molar-refractivity contribution in [3.63, 3.8) is 0 Å². The van der Waals surface area contributed by atoms with Crippen molar-refractivity contribution in [1.82, 2.24) is 30.1 Å². The summed E-state index contributed by atoms with van der Waals surface area (Å²) >= 11 is 0. The number of hydrogen-bond acceptors (Lipinski definition) is 6. The highest BCUT2D eigenvalue weighted by atomic mass is 16.5. The normalized spacial score (nSPS) is 19.9. The van der Waals surface area contributed by atoms with Gasteiger partial charge in [0, 0.05) is 30.3 Å². The largest absolute Gasteiger partial charge is 0.376 e. The lowest BCUT2D eigenvalue weighted by atomic mass is 9.93. The summed E-state index contributed by atoms with van der Waals surface area (Å²) in [6.45, 7) is 4.82. The van der Waals surface area contributed by atoms with Gasteiger partial charge in [-0.1, -0.05) is 30.9 Å². The number of rotatable bonds is 7. The SMILES string of the molecule is Cc1ccc2[nH]c(=O)c(CN(Cc3nnnn3C[C@@H]3CCCO3)C3CCCCC3)cc2c1. The fourth-order valence-corrected chi connectivity index (χ4v) is 5.11. The fourth-order valence-electron chi connectivity index (χ4n) is 5.11. The number of benzene rings is 1. The molecule has 5 rings (SSSR count). The quantitative estimate of drug-likeness (QED) is 0.611. The minimum absolute atomic E-state index is 0.0129. The van der Waals surface area contributed by atoms with Crippen LogP contribution in [-0.4, -0.2) is 48.8 Å². The number of pyridine rings is 1. The monoisotopic (exact) mass is 436 g/mol. The van der Waals surface area contributed by atoms with Gasteiger partial charge in [-0.05, 0) is 66.6 Å². The van der Waals surface area contributed by atoms with Gasteiger partial charge in [-0.3, -0.25) is 9.69 Å². The molecule has 0 amide bonds. The van der Waals surface area contributed by atoms with Gasteiger partial charge >= 0.3 is 0 Å². The van der Waals surface area contributed by atoms with Gasteiger partial charge in [0.15, 0.2) is 5.82 Å². The van der Waals surface area contributed by atoms with Crippen LogP contribution in [0.3, 0.4) is 0 Å². The first-order chi connectivity index (χ1) is 15.7. The summed E-state index contributed by atoms with van der Waals surface area (Å²) in [5.74, 6) is 0.846. The molecule has 3 heterocycles. The molecule has 1 atom stereocenters. The van der Waals surface area contributed by atoms with Crippen LogP contribution in [0.25, 0.3) is 10.9 Å². The number of tetrazole rings is 1. The molecule has 8 heteroatoms. The number of hydrogen-bond donors (Lipinski definition) is 1. The van der Waals surface area contributed by atoms with E-state index in [1.165, 1.54) is 24.8 Å². The second-order valence-electron chi connectivity index (χ2n) is 9.32. The Hall–Kier alpha value is -2.58. The van der Waals surface area contributed by atoms with Gasteiger partial charge in [-0.15, -0.1) is 5.10 Å². The summed E-state index contributed by atoms with van der Waals surface area (Å²) in [4.78, 5) is 18.4. The van der Waals surface area contributed by atoms with Crippen LogP contribution in [0.1, 0.15) is 61.9 Å². The van der Waals surface area contributed by atoms with E-state index in [2.05, 4.69) is 38.4 Å². The molecule has 3 aromatic rings.